The van der Waals surface area contributed by atoms with Gasteiger partial charge in [0, 0.05) is 13.6 Å². The second kappa shape index (κ2) is 15.6. The first kappa shape index (κ1) is 30.7. The highest BCUT2D eigenvalue weighted by Gasteiger charge is 2.35. The lowest BCUT2D eigenvalue weighted by Crippen LogP contribution is -2.62. The Hall–Kier alpha value is -3.38. The van der Waals surface area contributed by atoms with E-state index >= 15 is 0 Å². The fourth-order valence-electron chi connectivity index (χ4n) is 2.95. The molecule has 0 radical (unpaired) electrons. The molecule has 0 aromatic heterocycles. The fourth-order valence-corrected chi connectivity index (χ4v) is 2.95. The molecule has 36 heavy (non-hydrogen) atoms. The Morgan fingerprint density at radius 1 is 1.08 bits per heavy atom. The van der Waals surface area contributed by atoms with Crippen molar-refractivity contribution in [3.63, 3.8) is 0 Å². The molecule has 1 saturated heterocycles. The van der Waals surface area contributed by atoms with Crippen molar-refractivity contribution >= 4 is 35.6 Å². The summed E-state index contributed by atoms with van der Waals surface area (Å²) >= 11 is 0. The number of carbonyl (C=O) groups excluding carboxylic acids is 6. The predicted octanol–water partition coefficient (Wildman–Crippen LogP) is -5.59. The predicted molar refractivity (Wildman–Crippen MR) is 119 cm³/mol. The number of urea groups is 1. The summed E-state index contributed by atoms with van der Waals surface area (Å²) in [6, 6.07) is -5.85. The van der Waals surface area contributed by atoms with E-state index in [1.54, 1.807) is 0 Å². The first-order valence-corrected chi connectivity index (χ1v) is 10.9. The van der Waals surface area contributed by atoms with Crippen LogP contribution in [-0.2, 0) is 33.4 Å². The minimum Gasteiger partial charge on any atom is -0.394 e. The van der Waals surface area contributed by atoms with Crippen molar-refractivity contribution in [1.82, 2.24) is 31.7 Å². The van der Waals surface area contributed by atoms with Gasteiger partial charge in [0.25, 0.3) is 11.8 Å². The largest absolute Gasteiger partial charge is 0.394 e. The standard InChI is InChI=1S/C19H33N7O10/c1-10(28)15-16(31)22-3-4-35-5-6-36-9-14(30)23-12(8-27)18(33)26(21-2)17(32)11(7-13(20)29)24-19(34)25-15/h10-12,15,21,27-28H,3-9H2,1-2H3,(H2,20,29)(H,22,31)(H,23,30)(H2,24,25,34)/t10?,11-,12-,15?/m0/s1. The van der Waals surface area contributed by atoms with E-state index in [4.69, 9.17) is 15.2 Å². The smallest absolute Gasteiger partial charge is 0.316 e. The van der Waals surface area contributed by atoms with Gasteiger partial charge in [0.1, 0.15) is 24.7 Å². The average molecular weight is 520 g/mol. The number of nitrogens with zero attached hydrogens (tertiary/aromatic N) is 1. The Kier molecular flexibility index (Phi) is 13.3. The zero-order valence-electron chi connectivity index (χ0n) is 19.9. The van der Waals surface area contributed by atoms with Gasteiger partial charge in [0.2, 0.25) is 17.7 Å². The van der Waals surface area contributed by atoms with Crippen molar-refractivity contribution in [2.24, 2.45) is 5.73 Å². The second-order valence-electron chi connectivity index (χ2n) is 7.55. The topological polar surface area (TPSA) is 251 Å². The van der Waals surface area contributed by atoms with Gasteiger partial charge in [-0.05, 0) is 6.92 Å². The molecule has 1 fully saturated rings. The molecular formula is C19H33N7O10. The lowest BCUT2D eigenvalue weighted by atomic mass is 10.1. The molecule has 0 saturated carbocycles. The summed E-state index contributed by atoms with van der Waals surface area (Å²) in [6.45, 7) is -0.00363. The van der Waals surface area contributed by atoms with E-state index in [2.05, 4.69) is 26.7 Å². The number of hydrogen-bond donors (Lipinski definition) is 8. The molecule has 7 amide bonds. The molecule has 0 aromatic carbocycles. The second-order valence-corrected chi connectivity index (χ2v) is 7.55. The number of amides is 7. The van der Waals surface area contributed by atoms with Gasteiger partial charge in [0.05, 0.1) is 39.0 Å². The number of hydrazine groups is 1. The first-order chi connectivity index (χ1) is 17.0. The molecule has 0 bridgehead atoms. The summed E-state index contributed by atoms with van der Waals surface area (Å²) in [4.78, 5) is 74.3. The van der Waals surface area contributed by atoms with Crippen LogP contribution in [0.4, 0.5) is 4.79 Å². The molecule has 17 heteroatoms. The molecule has 9 N–H and O–H groups in total. The number of aliphatic hydroxyl groups is 2. The molecule has 0 spiro atoms. The van der Waals surface area contributed by atoms with E-state index in [-0.39, 0.29) is 26.4 Å². The number of ether oxygens (including phenoxy) is 2. The summed E-state index contributed by atoms with van der Waals surface area (Å²) < 4.78 is 10.4. The van der Waals surface area contributed by atoms with Gasteiger partial charge in [-0.2, -0.15) is 0 Å². The van der Waals surface area contributed by atoms with Crippen LogP contribution in [0, 0.1) is 0 Å². The third-order valence-corrected chi connectivity index (χ3v) is 4.69. The van der Waals surface area contributed by atoms with Crippen LogP contribution in [0.3, 0.4) is 0 Å². The Morgan fingerprint density at radius 3 is 2.31 bits per heavy atom. The van der Waals surface area contributed by atoms with Gasteiger partial charge in [-0.25, -0.2) is 15.2 Å². The highest BCUT2D eigenvalue weighted by molar-refractivity contribution is 6.03. The van der Waals surface area contributed by atoms with Gasteiger partial charge >= 0.3 is 6.03 Å². The monoisotopic (exact) mass is 519 g/mol. The zero-order chi connectivity index (χ0) is 27.3. The van der Waals surface area contributed by atoms with Crippen molar-refractivity contribution in [1.29, 1.82) is 0 Å². The van der Waals surface area contributed by atoms with Gasteiger partial charge in [0.15, 0.2) is 0 Å². The van der Waals surface area contributed by atoms with Crippen LogP contribution in [0.5, 0.6) is 0 Å². The Bertz CT molecular complexity index is 809. The van der Waals surface area contributed by atoms with Crippen molar-refractivity contribution in [2.45, 2.75) is 37.6 Å². The number of rotatable bonds is 5. The molecule has 1 aliphatic rings. The highest BCUT2D eigenvalue weighted by Crippen LogP contribution is 2.03. The van der Waals surface area contributed by atoms with Crippen LogP contribution in [0.25, 0.3) is 0 Å². The molecule has 1 aliphatic heterocycles. The van der Waals surface area contributed by atoms with Crippen LogP contribution in [0.1, 0.15) is 13.3 Å². The summed E-state index contributed by atoms with van der Waals surface area (Å²) in [6.07, 6.45) is -2.09. The number of aliphatic hydroxyl groups excluding tert-OH is 2. The van der Waals surface area contributed by atoms with Crippen molar-refractivity contribution < 1.29 is 48.5 Å². The quantitative estimate of drug-likeness (QED) is 0.159. The molecule has 204 valence electrons. The fraction of sp³-hybridized carbons (Fsp3) is 0.684. The van der Waals surface area contributed by atoms with Crippen molar-refractivity contribution in [2.75, 3.05) is 46.6 Å². The summed E-state index contributed by atoms with van der Waals surface area (Å²) in [5, 5.41) is 28.8. The van der Waals surface area contributed by atoms with Crippen LogP contribution in [0.15, 0.2) is 0 Å². The van der Waals surface area contributed by atoms with Crippen LogP contribution in [-0.4, -0.2) is 122 Å². The summed E-state index contributed by atoms with van der Waals surface area (Å²) in [5.74, 6) is -4.83. The van der Waals surface area contributed by atoms with Crippen LogP contribution < -0.4 is 32.4 Å². The summed E-state index contributed by atoms with van der Waals surface area (Å²) in [5.41, 5.74) is 7.43. The van der Waals surface area contributed by atoms with Gasteiger partial charge < -0.3 is 46.7 Å². The van der Waals surface area contributed by atoms with E-state index in [9.17, 15) is 39.0 Å². The molecule has 0 aliphatic carbocycles. The van der Waals surface area contributed by atoms with E-state index < -0.39 is 79.4 Å². The molecule has 1 rings (SSSR count). The van der Waals surface area contributed by atoms with Crippen molar-refractivity contribution in [3.8, 4) is 0 Å². The first-order valence-electron chi connectivity index (χ1n) is 10.9. The normalized spacial score (nSPS) is 25.2. The van der Waals surface area contributed by atoms with Crippen molar-refractivity contribution in [3.05, 3.63) is 0 Å². The summed E-state index contributed by atoms with van der Waals surface area (Å²) in [7, 11) is 1.17. The van der Waals surface area contributed by atoms with Gasteiger partial charge in [-0.15, -0.1) is 0 Å². The maximum absolute atomic E-state index is 13.0. The Labute approximate surface area is 206 Å². The molecule has 2 unspecified atom stereocenters. The maximum Gasteiger partial charge on any atom is 0.316 e. The maximum atomic E-state index is 13.0. The Balaban J connectivity index is 3.21. The molecule has 17 nitrogen and oxygen atoms in total. The highest BCUT2D eigenvalue weighted by atomic mass is 16.5. The SMILES string of the molecule is CNN1C(=O)[C@H](CO)NC(=O)COCCOCCNC(=O)C(C(C)O)NC(=O)N[C@@H](CC(N)=O)C1=O. The lowest BCUT2D eigenvalue weighted by molar-refractivity contribution is -0.153. The van der Waals surface area contributed by atoms with E-state index in [0.29, 0.717) is 5.01 Å². The third-order valence-electron chi connectivity index (χ3n) is 4.69. The van der Waals surface area contributed by atoms with E-state index in [0.717, 1.165) is 0 Å². The van der Waals surface area contributed by atoms with Gasteiger partial charge in [-0.1, -0.05) is 0 Å². The third kappa shape index (κ3) is 10.1. The minimum atomic E-state index is -1.70. The number of imide groups is 1. The van der Waals surface area contributed by atoms with Gasteiger partial charge in [-0.3, -0.25) is 24.0 Å². The molecular weight excluding hydrogens is 486 g/mol. The zero-order valence-corrected chi connectivity index (χ0v) is 19.9. The van der Waals surface area contributed by atoms with E-state index in [1.807, 2.05) is 0 Å². The number of nitrogens with one attached hydrogen (secondary N) is 5. The minimum absolute atomic E-state index is 0.00689. The van der Waals surface area contributed by atoms with Crippen LogP contribution in [0.2, 0.25) is 0 Å². The molecule has 1 heterocycles. The average Bonchev–Trinajstić information content (AvgIpc) is 2.81. The number of nitrogens with two attached hydrogens (primary N) is 1. The number of hydrogen-bond acceptors (Lipinski definition) is 11. The van der Waals surface area contributed by atoms with Crippen LogP contribution >= 0.6 is 0 Å². The number of carbonyl (C=O) groups is 6. The van der Waals surface area contributed by atoms with E-state index in [1.165, 1.54) is 14.0 Å². The Morgan fingerprint density at radius 2 is 1.72 bits per heavy atom. The number of primary amides is 1. The molecule has 0 aromatic rings. The molecule has 4 atom stereocenters. The lowest BCUT2D eigenvalue weighted by Gasteiger charge is -2.28.